The molecule has 0 aromatic rings. The lowest BCUT2D eigenvalue weighted by Gasteiger charge is -2.19. The minimum Gasteiger partial charge on any atom is -0.122 e. The summed E-state index contributed by atoms with van der Waals surface area (Å²) < 4.78 is 0. The first-order chi connectivity index (χ1) is 5.61. The van der Waals surface area contributed by atoms with Gasteiger partial charge in [0.25, 0.3) is 0 Å². The van der Waals surface area contributed by atoms with E-state index in [0.717, 1.165) is 0 Å². The summed E-state index contributed by atoms with van der Waals surface area (Å²) in [4.78, 5) is 0. The zero-order valence-electron chi connectivity index (χ0n) is 7.37. The molecular formula is C10H14Cl2. The van der Waals surface area contributed by atoms with Gasteiger partial charge in [-0.05, 0) is 13.8 Å². The van der Waals surface area contributed by atoms with Gasteiger partial charge in [-0.1, -0.05) is 24.3 Å². The van der Waals surface area contributed by atoms with Crippen molar-refractivity contribution in [3.8, 4) is 0 Å². The second-order valence-corrected chi connectivity index (χ2v) is 4.66. The maximum atomic E-state index is 5.95. The van der Waals surface area contributed by atoms with Gasteiger partial charge in [-0.2, -0.15) is 0 Å². The van der Waals surface area contributed by atoms with Crippen LogP contribution in [0.25, 0.3) is 0 Å². The van der Waals surface area contributed by atoms with Crippen LogP contribution in [0.1, 0.15) is 13.8 Å². The van der Waals surface area contributed by atoms with Gasteiger partial charge < -0.3 is 0 Å². The summed E-state index contributed by atoms with van der Waals surface area (Å²) in [6.07, 6.45) is 8.56. The molecule has 0 aromatic carbocycles. The minimum absolute atomic E-state index is 0.170. The summed E-state index contributed by atoms with van der Waals surface area (Å²) in [5.41, 5.74) is 0. The zero-order chi connectivity index (χ0) is 9.14. The molecule has 1 rings (SSSR count). The number of hydrogen-bond donors (Lipinski definition) is 0. The van der Waals surface area contributed by atoms with Gasteiger partial charge in [0.05, 0.1) is 0 Å². The monoisotopic (exact) mass is 204 g/mol. The molecule has 0 aliphatic heterocycles. The van der Waals surface area contributed by atoms with Gasteiger partial charge in [0.15, 0.2) is 0 Å². The van der Waals surface area contributed by atoms with E-state index in [0.29, 0.717) is 11.8 Å². The van der Waals surface area contributed by atoms with Crippen LogP contribution in [0.5, 0.6) is 0 Å². The molecule has 0 amide bonds. The lowest BCUT2D eigenvalue weighted by atomic mass is 9.93. The predicted octanol–water partition coefficient (Wildman–Crippen LogP) is 3.60. The molecule has 0 fully saturated rings. The van der Waals surface area contributed by atoms with E-state index >= 15 is 0 Å². The summed E-state index contributed by atoms with van der Waals surface area (Å²) in [7, 11) is 0. The summed E-state index contributed by atoms with van der Waals surface area (Å²) in [6, 6.07) is 0. The molecule has 0 saturated heterocycles. The SMILES string of the molecule is CC(Cl)C1C=CC(C(C)Cl)C=C1. The third-order valence-electron chi connectivity index (χ3n) is 2.17. The highest BCUT2D eigenvalue weighted by Gasteiger charge is 2.16. The largest absolute Gasteiger partial charge is 0.122 e. The maximum Gasteiger partial charge on any atom is 0.0405 e. The Kier molecular flexibility index (Phi) is 3.67. The molecule has 0 heterocycles. The first-order valence-corrected chi connectivity index (χ1v) is 5.13. The first-order valence-electron chi connectivity index (χ1n) is 4.26. The topological polar surface area (TPSA) is 0 Å². The van der Waals surface area contributed by atoms with E-state index in [1.54, 1.807) is 0 Å². The lowest BCUT2D eigenvalue weighted by Crippen LogP contribution is -2.14. The van der Waals surface area contributed by atoms with E-state index in [9.17, 15) is 0 Å². The lowest BCUT2D eigenvalue weighted by molar-refractivity contribution is 0.703. The fourth-order valence-electron chi connectivity index (χ4n) is 1.25. The second kappa shape index (κ2) is 4.34. The van der Waals surface area contributed by atoms with Crippen LogP contribution >= 0.6 is 23.2 Å². The Bertz CT molecular complexity index is 158. The molecule has 0 radical (unpaired) electrons. The van der Waals surface area contributed by atoms with Gasteiger partial charge in [0.2, 0.25) is 0 Å². The Morgan fingerprint density at radius 1 is 0.833 bits per heavy atom. The highest BCUT2D eigenvalue weighted by molar-refractivity contribution is 6.21. The van der Waals surface area contributed by atoms with Crippen LogP contribution in [0, 0.1) is 11.8 Å². The van der Waals surface area contributed by atoms with Crippen LogP contribution in [0.3, 0.4) is 0 Å². The van der Waals surface area contributed by atoms with Crippen molar-refractivity contribution in [3.05, 3.63) is 24.3 Å². The Labute approximate surface area is 84.2 Å². The standard InChI is InChI=1S/C10H14Cl2/c1-7(11)9-3-5-10(6-4-9)8(2)12/h3-10H,1-2H3. The van der Waals surface area contributed by atoms with Crippen LogP contribution in [0.4, 0.5) is 0 Å². The average molecular weight is 205 g/mol. The van der Waals surface area contributed by atoms with Gasteiger partial charge in [-0.15, -0.1) is 23.2 Å². The maximum absolute atomic E-state index is 5.95. The third kappa shape index (κ3) is 2.53. The third-order valence-corrected chi connectivity index (χ3v) is 2.75. The van der Waals surface area contributed by atoms with Crippen molar-refractivity contribution in [2.24, 2.45) is 11.8 Å². The predicted molar refractivity (Wildman–Crippen MR) is 55.9 cm³/mol. The fraction of sp³-hybridized carbons (Fsp3) is 0.600. The quantitative estimate of drug-likeness (QED) is 0.477. The summed E-state index contributed by atoms with van der Waals surface area (Å²) in [5, 5.41) is 0.341. The van der Waals surface area contributed by atoms with Crippen molar-refractivity contribution in [2.45, 2.75) is 24.6 Å². The van der Waals surface area contributed by atoms with Crippen LogP contribution in [-0.4, -0.2) is 10.8 Å². The van der Waals surface area contributed by atoms with E-state index in [1.807, 2.05) is 13.8 Å². The number of halogens is 2. The molecule has 12 heavy (non-hydrogen) atoms. The second-order valence-electron chi connectivity index (χ2n) is 3.28. The fourth-order valence-corrected chi connectivity index (χ4v) is 1.59. The van der Waals surface area contributed by atoms with Crippen molar-refractivity contribution in [3.63, 3.8) is 0 Å². The molecule has 68 valence electrons. The molecule has 2 heteroatoms. The van der Waals surface area contributed by atoms with Crippen molar-refractivity contribution in [2.75, 3.05) is 0 Å². The molecule has 0 bridgehead atoms. The Hall–Kier alpha value is 0.0600. The Morgan fingerprint density at radius 3 is 1.25 bits per heavy atom. The van der Waals surface area contributed by atoms with Gasteiger partial charge in [-0.3, -0.25) is 0 Å². The minimum atomic E-state index is 0.170. The Morgan fingerprint density at radius 2 is 1.08 bits per heavy atom. The zero-order valence-corrected chi connectivity index (χ0v) is 8.89. The molecule has 2 unspecified atom stereocenters. The molecular weight excluding hydrogens is 191 g/mol. The van der Waals surface area contributed by atoms with Crippen molar-refractivity contribution >= 4 is 23.2 Å². The van der Waals surface area contributed by atoms with Gasteiger partial charge in [0.1, 0.15) is 0 Å². The highest BCUT2D eigenvalue weighted by atomic mass is 35.5. The summed E-state index contributed by atoms with van der Waals surface area (Å²) in [6.45, 7) is 4.01. The number of allylic oxidation sites excluding steroid dienone is 4. The molecule has 1 aliphatic rings. The van der Waals surface area contributed by atoms with Gasteiger partial charge >= 0.3 is 0 Å². The first kappa shape index (κ1) is 10.1. The van der Waals surface area contributed by atoms with Crippen LogP contribution in [0.2, 0.25) is 0 Å². The van der Waals surface area contributed by atoms with Crippen molar-refractivity contribution in [1.29, 1.82) is 0 Å². The molecule has 0 nitrogen and oxygen atoms in total. The molecule has 0 saturated carbocycles. The van der Waals surface area contributed by atoms with E-state index in [1.165, 1.54) is 0 Å². The number of hydrogen-bond acceptors (Lipinski definition) is 0. The van der Waals surface area contributed by atoms with E-state index in [-0.39, 0.29) is 10.8 Å². The summed E-state index contributed by atoms with van der Waals surface area (Å²) >= 11 is 11.9. The van der Waals surface area contributed by atoms with Crippen LogP contribution in [0.15, 0.2) is 24.3 Å². The van der Waals surface area contributed by atoms with E-state index in [2.05, 4.69) is 24.3 Å². The number of rotatable bonds is 2. The molecule has 2 atom stereocenters. The van der Waals surface area contributed by atoms with E-state index < -0.39 is 0 Å². The average Bonchev–Trinajstić information content (AvgIpc) is 2.04. The Balaban J connectivity index is 2.54. The van der Waals surface area contributed by atoms with E-state index in [4.69, 9.17) is 23.2 Å². The molecule has 0 aromatic heterocycles. The van der Waals surface area contributed by atoms with Crippen molar-refractivity contribution in [1.82, 2.24) is 0 Å². The van der Waals surface area contributed by atoms with Crippen molar-refractivity contribution < 1.29 is 0 Å². The normalized spacial score (nSPS) is 33.3. The highest BCUT2D eigenvalue weighted by Crippen LogP contribution is 2.24. The van der Waals surface area contributed by atoms with Gasteiger partial charge in [-0.25, -0.2) is 0 Å². The smallest absolute Gasteiger partial charge is 0.0405 e. The van der Waals surface area contributed by atoms with Crippen LogP contribution in [-0.2, 0) is 0 Å². The summed E-state index contributed by atoms with van der Waals surface area (Å²) in [5.74, 6) is 0.747. The molecule has 1 aliphatic carbocycles. The molecule has 0 N–H and O–H groups in total. The number of alkyl halides is 2. The van der Waals surface area contributed by atoms with Gasteiger partial charge in [0, 0.05) is 22.6 Å². The van der Waals surface area contributed by atoms with Crippen LogP contribution < -0.4 is 0 Å². The molecule has 0 spiro atoms.